The van der Waals surface area contributed by atoms with Crippen molar-refractivity contribution in [2.45, 2.75) is 45.4 Å². The van der Waals surface area contributed by atoms with Crippen LogP contribution in [0.2, 0.25) is 0 Å². The summed E-state index contributed by atoms with van der Waals surface area (Å²) < 4.78 is 0. The molecule has 0 amide bonds. The van der Waals surface area contributed by atoms with Crippen molar-refractivity contribution in [3.63, 3.8) is 0 Å². The van der Waals surface area contributed by atoms with Crippen LogP contribution in [-0.2, 0) is 17.0 Å². The summed E-state index contributed by atoms with van der Waals surface area (Å²) in [5.74, 6) is 1.31. The van der Waals surface area contributed by atoms with E-state index >= 15 is 0 Å². The molecule has 1 radical (unpaired) electrons. The van der Waals surface area contributed by atoms with Gasteiger partial charge in [-0.15, -0.1) is 0 Å². The zero-order chi connectivity index (χ0) is 20.3. The molecular weight excluding hydrogens is 419 g/mol. The fraction of sp³-hybridized carbons (Fsp3) is 0.280. The first-order valence-electron chi connectivity index (χ1n) is 9.69. The molecule has 0 saturated heterocycles. The zero-order valence-electron chi connectivity index (χ0n) is 16.8. The number of benzene rings is 3. The van der Waals surface area contributed by atoms with Crippen molar-refractivity contribution in [3.05, 3.63) is 94.5 Å². The zero-order valence-corrected chi connectivity index (χ0v) is 19.8. The molecule has 3 aromatic rings. The summed E-state index contributed by atoms with van der Waals surface area (Å²) in [5.41, 5.74) is 9.68. The van der Waals surface area contributed by atoms with Gasteiger partial charge in [0, 0.05) is 5.92 Å². The number of rotatable bonds is 3. The van der Waals surface area contributed by atoms with Crippen LogP contribution >= 0.6 is 18.6 Å². The van der Waals surface area contributed by atoms with Gasteiger partial charge >= 0.3 is 35.6 Å². The standard InChI is InChI=1S/C25H25.2ClH.Ti/c1-16(2)18-13-19(17(3)4)15-20(14-18)25-23-11-7-5-9-21(23)22-10-6-8-12-24(22)25;;;/h5-12,14-17,25H,1-4H3;2*1H;/q;;;+2/p-2. The fourth-order valence-electron chi connectivity index (χ4n) is 3.94. The third kappa shape index (κ3) is 4.41. The van der Waals surface area contributed by atoms with Crippen LogP contribution in [0.3, 0.4) is 0 Å². The number of hydrogen-bond donors (Lipinski definition) is 0. The van der Waals surface area contributed by atoms with E-state index < -0.39 is 17.0 Å². The normalized spacial score (nSPS) is 12.4. The molecule has 3 aromatic carbocycles. The Hall–Kier alpha value is -1.05. The molecule has 0 aromatic heterocycles. The van der Waals surface area contributed by atoms with Crippen molar-refractivity contribution in [3.8, 4) is 11.1 Å². The maximum absolute atomic E-state index is 4.89. The Kier molecular flexibility index (Phi) is 7.45. The summed E-state index contributed by atoms with van der Waals surface area (Å²) in [5, 5.41) is 0. The molecule has 0 unspecified atom stereocenters. The molecule has 0 nitrogen and oxygen atoms in total. The molecule has 0 aliphatic heterocycles. The van der Waals surface area contributed by atoms with Crippen molar-refractivity contribution < 1.29 is 17.0 Å². The van der Waals surface area contributed by atoms with Gasteiger partial charge in [0.2, 0.25) is 0 Å². The molecule has 1 aliphatic rings. The number of halogens is 2. The van der Waals surface area contributed by atoms with Crippen LogP contribution in [0.1, 0.15) is 73.3 Å². The molecule has 28 heavy (non-hydrogen) atoms. The van der Waals surface area contributed by atoms with Crippen molar-refractivity contribution >= 4 is 18.6 Å². The molecule has 0 saturated carbocycles. The van der Waals surface area contributed by atoms with Crippen LogP contribution in [0, 0.1) is 6.07 Å². The van der Waals surface area contributed by atoms with Gasteiger partial charge in [0.1, 0.15) is 0 Å². The average Bonchev–Trinajstić information content (AvgIpc) is 3.03. The van der Waals surface area contributed by atoms with E-state index in [-0.39, 0.29) is 0 Å². The topological polar surface area (TPSA) is 0 Å². The van der Waals surface area contributed by atoms with E-state index in [0.29, 0.717) is 17.8 Å². The third-order valence-electron chi connectivity index (χ3n) is 5.34. The summed E-state index contributed by atoms with van der Waals surface area (Å²) in [7, 11) is 9.78. The average molecular weight is 444 g/mol. The van der Waals surface area contributed by atoms with Crippen LogP contribution < -0.4 is 0 Å². The van der Waals surface area contributed by atoms with Gasteiger partial charge in [0.05, 0.1) is 0 Å². The van der Waals surface area contributed by atoms with E-state index in [0.717, 1.165) is 0 Å². The Balaban J connectivity index is 0.000000706. The Morgan fingerprint density at radius 3 is 1.54 bits per heavy atom. The van der Waals surface area contributed by atoms with Crippen LogP contribution in [0.15, 0.2) is 60.7 Å². The van der Waals surface area contributed by atoms with Crippen LogP contribution in [0.5, 0.6) is 0 Å². The Labute approximate surface area is 186 Å². The van der Waals surface area contributed by atoms with Gasteiger partial charge in [-0.3, -0.25) is 0 Å². The molecule has 0 heterocycles. The molecule has 1 aliphatic carbocycles. The van der Waals surface area contributed by atoms with Gasteiger partial charge < -0.3 is 0 Å². The van der Waals surface area contributed by atoms with E-state index in [2.05, 4.69) is 94.4 Å². The first-order chi connectivity index (χ1) is 13.5. The summed E-state index contributed by atoms with van der Waals surface area (Å²) in [6, 6.07) is 26.1. The van der Waals surface area contributed by atoms with Gasteiger partial charge in [-0.25, -0.2) is 0 Å². The second kappa shape index (κ2) is 9.64. The van der Waals surface area contributed by atoms with E-state index in [9.17, 15) is 0 Å². The van der Waals surface area contributed by atoms with Gasteiger partial charge in [-0.2, -0.15) is 0 Å². The minimum atomic E-state index is -0.556. The van der Waals surface area contributed by atoms with E-state index in [1.54, 1.807) is 0 Å². The second-order valence-electron chi connectivity index (χ2n) is 7.81. The maximum atomic E-state index is 4.89. The monoisotopic (exact) mass is 443 g/mol. The molecule has 143 valence electrons. The van der Waals surface area contributed by atoms with E-state index in [4.69, 9.17) is 18.6 Å². The summed E-state index contributed by atoms with van der Waals surface area (Å²) in [6.45, 7) is 9.04. The second-order valence-corrected chi connectivity index (χ2v) is 10.4. The van der Waals surface area contributed by atoms with Gasteiger partial charge in [-0.05, 0) is 56.8 Å². The molecule has 3 heteroatoms. The Morgan fingerprint density at radius 1 is 0.750 bits per heavy atom. The van der Waals surface area contributed by atoms with Gasteiger partial charge in [0.15, 0.2) is 0 Å². The number of fused-ring (bicyclic) bond motifs is 3. The summed E-state index contributed by atoms with van der Waals surface area (Å²) in [6.07, 6.45) is 0. The predicted octanol–water partition coefficient (Wildman–Crippen LogP) is 8.27. The van der Waals surface area contributed by atoms with Crippen LogP contribution in [0.4, 0.5) is 0 Å². The Bertz CT molecular complexity index is 875. The molecule has 0 atom stereocenters. The fourth-order valence-corrected chi connectivity index (χ4v) is 3.94. The minimum absolute atomic E-state index is 0.331. The quantitative estimate of drug-likeness (QED) is 0.279. The third-order valence-corrected chi connectivity index (χ3v) is 5.34. The van der Waals surface area contributed by atoms with Crippen LogP contribution in [-0.4, -0.2) is 0 Å². The van der Waals surface area contributed by atoms with E-state index in [1.165, 1.54) is 38.9 Å². The van der Waals surface area contributed by atoms with Gasteiger partial charge in [0.25, 0.3) is 0 Å². The van der Waals surface area contributed by atoms with Gasteiger partial charge in [-0.1, -0.05) is 88.4 Å². The summed E-state index contributed by atoms with van der Waals surface area (Å²) in [4.78, 5) is 0. The van der Waals surface area contributed by atoms with Crippen molar-refractivity contribution in [2.75, 3.05) is 0 Å². The molecule has 0 spiro atoms. The predicted molar refractivity (Wildman–Crippen MR) is 118 cm³/mol. The molecule has 4 rings (SSSR count). The van der Waals surface area contributed by atoms with Crippen molar-refractivity contribution in [1.82, 2.24) is 0 Å². The summed E-state index contributed by atoms with van der Waals surface area (Å²) >= 11 is -0.556. The molecule has 0 N–H and O–H groups in total. The van der Waals surface area contributed by atoms with Crippen molar-refractivity contribution in [1.29, 1.82) is 0 Å². The Morgan fingerprint density at radius 2 is 1.14 bits per heavy atom. The molecule has 0 fully saturated rings. The van der Waals surface area contributed by atoms with E-state index in [1.807, 2.05) is 0 Å². The SMILES string of the molecule is CC(C)c1[c]c(C(C)C)cc(C2c3ccccc3-c3ccccc32)c1.[Cl][Ti][Cl]. The first kappa shape index (κ1) is 21.7. The number of hydrogen-bond acceptors (Lipinski definition) is 0. The molecular formula is C25H25Cl2Ti. The van der Waals surface area contributed by atoms with Crippen molar-refractivity contribution in [2.24, 2.45) is 0 Å². The van der Waals surface area contributed by atoms with Crippen LogP contribution in [0.25, 0.3) is 11.1 Å². The first-order valence-corrected chi connectivity index (χ1v) is 14.0. The molecule has 0 bridgehead atoms.